The minimum absolute atomic E-state index is 0.0699. The number of hydrogen-bond acceptors (Lipinski definition) is 4. The molecule has 1 amide bonds. The number of carbonyl (C=O) groups is 1. The average Bonchev–Trinajstić information content (AvgIpc) is 2.45. The van der Waals surface area contributed by atoms with Crippen LogP contribution in [0.5, 0.6) is 0 Å². The van der Waals surface area contributed by atoms with Crippen molar-refractivity contribution in [1.82, 2.24) is 14.9 Å². The summed E-state index contributed by atoms with van der Waals surface area (Å²) in [5.74, 6) is 0.803. The second-order valence-electron chi connectivity index (χ2n) is 5.51. The summed E-state index contributed by atoms with van der Waals surface area (Å²) in [7, 11) is 0. The van der Waals surface area contributed by atoms with Gasteiger partial charge in [-0.3, -0.25) is 9.88 Å². The molecule has 1 saturated heterocycles. The molecule has 0 spiro atoms. The number of nitrogens with zero attached hydrogens (tertiary/aromatic N) is 4. The van der Waals surface area contributed by atoms with Gasteiger partial charge in [0.25, 0.3) is 0 Å². The Kier molecular flexibility index (Phi) is 3.37. The van der Waals surface area contributed by atoms with Gasteiger partial charge in [-0.15, -0.1) is 0 Å². The molecular formula is C15H18N4O2. The van der Waals surface area contributed by atoms with Gasteiger partial charge >= 0.3 is 6.09 Å². The summed E-state index contributed by atoms with van der Waals surface area (Å²) in [5.41, 5.74) is 1.72. The van der Waals surface area contributed by atoms with Gasteiger partial charge in [-0.2, -0.15) is 0 Å². The van der Waals surface area contributed by atoms with Crippen molar-refractivity contribution in [2.45, 2.75) is 25.9 Å². The molecule has 1 aromatic carbocycles. The molecule has 110 valence electrons. The number of amides is 1. The van der Waals surface area contributed by atoms with Gasteiger partial charge in [0.2, 0.25) is 0 Å². The number of benzene rings is 1. The highest BCUT2D eigenvalue weighted by Crippen LogP contribution is 2.22. The maximum Gasteiger partial charge on any atom is 0.407 e. The highest BCUT2D eigenvalue weighted by Gasteiger charge is 2.33. The molecule has 0 saturated carbocycles. The van der Waals surface area contributed by atoms with E-state index in [0.717, 1.165) is 16.9 Å². The summed E-state index contributed by atoms with van der Waals surface area (Å²) in [5, 5.41) is 9.26. The first-order valence-corrected chi connectivity index (χ1v) is 7.04. The molecule has 21 heavy (non-hydrogen) atoms. The molecule has 0 aliphatic carbocycles. The highest BCUT2D eigenvalue weighted by molar-refractivity contribution is 5.75. The Hall–Kier alpha value is -2.37. The molecule has 0 bridgehead atoms. The fourth-order valence-electron chi connectivity index (χ4n) is 2.99. The molecule has 3 rings (SSSR count). The molecule has 0 radical (unpaired) electrons. The molecule has 2 aromatic rings. The summed E-state index contributed by atoms with van der Waals surface area (Å²) in [4.78, 5) is 23.9. The molecule has 6 nitrogen and oxygen atoms in total. The van der Waals surface area contributed by atoms with Gasteiger partial charge in [0.05, 0.1) is 29.3 Å². The SMILES string of the molecule is C[C@@H]1CN(c2cnc3ccccc3n2)C[C@H](C)N1C(=O)O. The maximum absolute atomic E-state index is 11.3. The normalized spacial score (nSPS) is 22.6. The summed E-state index contributed by atoms with van der Waals surface area (Å²) < 4.78 is 0. The van der Waals surface area contributed by atoms with Crippen LogP contribution in [-0.4, -0.2) is 51.2 Å². The van der Waals surface area contributed by atoms with Crippen LogP contribution in [-0.2, 0) is 0 Å². The predicted octanol–water partition coefficient (Wildman–Crippen LogP) is 2.21. The predicted molar refractivity (Wildman–Crippen MR) is 80.5 cm³/mol. The zero-order chi connectivity index (χ0) is 15.0. The first kappa shape index (κ1) is 13.6. The van der Waals surface area contributed by atoms with E-state index < -0.39 is 6.09 Å². The third-order valence-electron chi connectivity index (χ3n) is 3.90. The molecule has 1 fully saturated rings. The van der Waals surface area contributed by atoms with E-state index in [4.69, 9.17) is 0 Å². The van der Waals surface area contributed by atoms with E-state index in [1.807, 2.05) is 38.1 Å². The topological polar surface area (TPSA) is 69.6 Å². The fourth-order valence-corrected chi connectivity index (χ4v) is 2.99. The van der Waals surface area contributed by atoms with Crippen molar-refractivity contribution in [3.05, 3.63) is 30.5 Å². The average molecular weight is 286 g/mol. The van der Waals surface area contributed by atoms with Crippen LogP contribution in [0.25, 0.3) is 11.0 Å². The Balaban J connectivity index is 1.88. The van der Waals surface area contributed by atoms with Crippen molar-refractivity contribution in [2.75, 3.05) is 18.0 Å². The third-order valence-corrected chi connectivity index (χ3v) is 3.90. The fraction of sp³-hybridized carbons (Fsp3) is 0.400. The zero-order valence-corrected chi connectivity index (χ0v) is 12.1. The summed E-state index contributed by atoms with van der Waals surface area (Å²) in [6.45, 7) is 5.10. The van der Waals surface area contributed by atoms with Gasteiger partial charge in [0.1, 0.15) is 5.82 Å². The lowest BCUT2D eigenvalue weighted by molar-refractivity contribution is 0.0981. The van der Waals surface area contributed by atoms with Crippen molar-refractivity contribution in [2.24, 2.45) is 0 Å². The lowest BCUT2D eigenvalue weighted by Crippen LogP contribution is -2.58. The Labute approximate surface area is 123 Å². The third kappa shape index (κ3) is 2.49. The van der Waals surface area contributed by atoms with Crippen molar-refractivity contribution >= 4 is 22.9 Å². The first-order chi connectivity index (χ1) is 10.1. The quantitative estimate of drug-likeness (QED) is 0.870. The van der Waals surface area contributed by atoms with Crippen molar-refractivity contribution in [3.63, 3.8) is 0 Å². The number of anilines is 1. The van der Waals surface area contributed by atoms with Crippen molar-refractivity contribution in [1.29, 1.82) is 0 Å². The van der Waals surface area contributed by atoms with E-state index in [1.165, 1.54) is 4.90 Å². The van der Waals surface area contributed by atoms with Gasteiger partial charge in [-0.05, 0) is 26.0 Å². The van der Waals surface area contributed by atoms with Gasteiger partial charge in [0, 0.05) is 13.1 Å². The van der Waals surface area contributed by atoms with Crippen LogP contribution in [0, 0.1) is 0 Å². The number of para-hydroxylation sites is 2. The van der Waals surface area contributed by atoms with Crippen molar-refractivity contribution in [3.8, 4) is 0 Å². The number of piperazine rings is 1. The van der Waals surface area contributed by atoms with Crippen LogP contribution in [0.2, 0.25) is 0 Å². The Morgan fingerprint density at radius 3 is 2.43 bits per heavy atom. The zero-order valence-electron chi connectivity index (χ0n) is 12.1. The van der Waals surface area contributed by atoms with Gasteiger partial charge < -0.3 is 10.0 Å². The molecule has 0 unspecified atom stereocenters. The first-order valence-electron chi connectivity index (χ1n) is 7.04. The number of carboxylic acid groups (broad SMARTS) is 1. The molecule has 1 aliphatic heterocycles. The van der Waals surface area contributed by atoms with E-state index in [9.17, 15) is 9.90 Å². The van der Waals surface area contributed by atoms with E-state index in [-0.39, 0.29) is 12.1 Å². The standard InChI is InChI=1S/C15H18N4O2/c1-10-8-18(9-11(2)19(10)15(20)21)14-7-16-12-5-3-4-6-13(12)17-14/h3-7,10-11H,8-9H2,1-2H3,(H,20,21)/t10-,11+. The maximum atomic E-state index is 11.3. The Morgan fingerprint density at radius 1 is 1.19 bits per heavy atom. The molecule has 1 aromatic heterocycles. The smallest absolute Gasteiger partial charge is 0.407 e. The van der Waals surface area contributed by atoms with Gasteiger partial charge in [-0.1, -0.05) is 12.1 Å². The van der Waals surface area contributed by atoms with E-state index >= 15 is 0 Å². The summed E-state index contributed by atoms with van der Waals surface area (Å²) in [6.07, 6.45) is 0.900. The van der Waals surface area contributed by atoms with Crippen LogP contribution < -0.4 is 4.90 Å². The van der Waals surface area contributed by atoms with Gasteiger partial charge in [-0.25, -0.2) is 9.78 Å². The second kappa shape index (κ2) is 5.20. The molecule has 1 aliphatic rings. The highest BCUT2D eigenvalue weighted by atomic mass is 16.4. The van der Waals surface area contributed by atoms with Gasteiger partial charge in [0.15, 0.2) is 0 Å². The van der Waals surface area contributed by atoms with Crippen LogP contribution in [0.3, 0.4) is 0 Å². The molecule has 6 heteroatoms. The number of hydrogen-bond donors (Lipinski definition) is 1. The lowest BCUT2D eigenvalue weighted by Gasteiger charge is -2.43. The van der Waals surface area contributed by atoms with E-state index in [0.29, 0.717) is 13.1 Å². The number of aromatic nitrogens is 2. The summed E-state index contributed by atoms with van der Waals surface area (Å²) >= 11 is 0. The Morgan fingerprint density at radius 2 is 1.81 bits per heavy atom. The van der Waals surface area contributed by atoms with Crippen LogP contribution in [0.15, 0.2) is 30.5 Å². The monoisotopic (exact) mass is 286 g/mol. The van der Waals surface area contributed by atoms with Crippen LogP contribution in [0.4, 0.5) is 10.6 Å². The molecular weight excluding hydrogens is 268 g/mol. The molecule has 2 atom stereocenters. The van der Waals surface area contributed by atoms with E-state index in [2.05, 4.69) is 14.9 Å². The van der Waals surface area contributed by atoms with Crippen LogP contribution in [0.1, 0.15) is 13.8 Å². The van der Waals surface area contributed by atoms with Crippen molar-refractivity contribution < 1.29 is 9.90 Å². The lowest BCUT2D eigenvalue weighted by atomic mass is 10.1. The molecule has 1 N–H and O–H groups in total. The summed E-state index contributed by atoms with van der Waals surface area (Å²) in [6, 6.07) is 7.60. The molecule has 2 heterocycles. The number of fused-ring (bicyclic) bond motifs is 1. The largest absolute Gasteiger partial charge is 0.465 e. The minimum Gasteiger partial charge on any atom is -0.465 e. The Bertz CT molecular complexity index is 664. The minimum atomic E-state index is -0.862. The number of rotatable bonds is 1. The van der Waals surface area contributed by atoms with E-state index in [1.54, 1.807) is 6.20 Å². The van der Waals surface area contributed by atoms with Crippen LogP contribution >= 0.6 is 0 Å². The second-order valence-corrected chi connectivity index (χ2v) is 5.51.